The van der Waals surface area contributed by atoms with Crippen molar-refractivity contribution in [2.24, 2.45) is 5.84 Å². The molecule has 8 nitrogen and oxygen atoms in total. The third-order valence-corrected chi connectivity index (χ3v) is 2.95. The van der Waals surface area contributed by atoms with Gasteiger partial charge in [-0.2, -0.15) is 20.1 Å². The van der Waals surface area contributed by atoms with E-state index in [-0.39, 0.29) is 0 Å². The lowest BCUT2D eigenvalue weighted by Crippen LogP contribution is -2.26. The summed E-state index contributed by atoms with van der Waals surface area (Å²) in [7, 11) is 0. The fourth-order valence-electron chi connectivity index (χ4n) is 1.58. The molecule has 19 heavy (non-hydrogen) atoms. The Labute approximate surface area is 119 Å². The van der Waals surface area contributed by atoms with E-state index in [1.807, 2.05) is 18.7 Å². The maximum absolute atomic E-state index is 5.39. The molecular formula is C10H15BrN8. The Morgan fingerprint density at radius 2 is 2.05 bits per heavy atom. The summed E-state index contributed by atoms with van der Waals surface area (Å²) in [6.07, 6.45) is 3.43. The molecule has 0 spiro atoms. The van der Waals surface area contributed by atoms with E-state index < -0.39 is 0 Å². The number of hydrogen-bond acceptors (Lipinski definition) is 7. The maximum Gasteiger partial charge on any atom is 0.257 e. The van der Waals surface area contributed by atoms with Crippen LogP contribution in [0.1, 0.15) is 13.8 Å². The Bertz CT molecular complexity index is 550. The number of aromatic nitrogens is 5. The molecule has 9 heteroatoms. The third-order valence-electron chi connectivity index (χ3n) is 2.54. The van der Waals surface area contributed by atoms with Crippen LogP contribution in [0.25, 0.3) is 5.95 Å². The molecule has 0 saturated heterocycles. The second kappa shape index (κ2) is 5.93. The Morgan fingerprint density at radius 3 is 2.58 bits per heavy atom. The molecular weight excluding hydrogens is 312 g/mol. The van der Waals surface area contributed by atoms with Crippen molar-refractivity contribution < 1.29 is 0 Å². The van der Waals surface area contributed by atoms with Gasteiger partial charge >= 0.3 is 0 Å². The van der Waals surface area contributed by atoms with Crippen LogP contribution in [0, 0.1) is 0 Å². The summed E-state index contributed by atoms with van der Waals surface area (Å²) in [5, 5.41) is 4.14. The van der Waals surface area contributed by atoms with E-state index >= 15 is 0 Å². The van der Waals surface area contributed by atoms with E-state index in [0.717, 1.165) is 17.6 Å². The molecule has 3 N–H and O–H groups in total. The number of halogens is 1. The molecule has 0 bridgehead atoms. The molecule has 2 rings (SSSR count). The first-order valence-electron chi connectivity index (χ1n) is 5.86. The summed E-state index contributed by atoms with van der Waals surface area (Å²) in [6.45, 7) is 5.67. The van der Waals surface area contributed by atoms with Gasteiger partial charge in [-0.15, -0.1) is 0 Å². The van der Waals surface area contributed by atoms with Crippen LogP contribution in [-0.2, 0) is 0 Å². The van der Waals surface area contributed by atoms with Gasteiger partial charge in [0.2, 0.25) is 11.9 Å². The Hall–Kier alpha value is -1.74. The van der Waals surface area contributed by atoms with E-state index in [2.05, 4.69) is 41.4 Å². The van der Waals surface area contributed by atoms with Gasteiger partial charge in [-0.1, -0.05) is 0 Å². The van der Waals surface area contributed by atoms with Crippen molar-refractivity contribution in [1.82, 2.24) is 24.7 Å². The molecule has 0 radical (unpaired) electrons. The zero-order valence-electron chi connectivity index (χ0n) is 10.7. The molecule has 0 amide bonds. The highest BCUT2D eigenvalue weighted by atomic mass is 79.9. The van der Waals surface area contributed by atoms with Crippen molar-refractivity contribution in [1.29, 1.82) is 0 Å². The van der Waals surface area contributed by atoms with Crippen LogP contribution < -0.4 is 16.2 Å². The van der Waals surface area contributed by atoms with Crippen molar-refractivity contribution in [3.05, 3.63) is 16.9 Å². The first-order valence-corrected chi connectivity index (χ1v) is 6.65. The maximum atomic E-state index is 5.39. The van der Waals surface area contributed by atoms with Gasteiger partial charge in [0, 0.05) is 19.3 Å². The Kier molecular flexibility index (Phi) is 4.27. The number of anilines is 2. The topological polar surface area (TPSA) is 97.8 Å². The molecule has 2 aromatic rings. The number of hydrazine groups is 1. The van der Waals surface area contributed by atoms with Gasteiger partial charge in [0.25, 0.3) is 5.95 Å². The lowest BCUT2D eigenvalue weighted by molar-refractivity contribution is 0.762. The predicted molar refractivity (Wildman–Crippen MR) is 76.0 cm³/mol. The van der Waals surface area contributed by atoms with Gasteiger partial charge in [-0.3, -0.25) is 5.43 Å². The first kappa shape index (κ1) is 13.7. The third kappa shape index (κ3) is 2.99. The average Bonchev–Trinajstić information content (AvgIpc) is 2.86. The minimum absolute atomic E-state index is 0.304. The monoisotopic (exact) mass is 326 g/mol. The SMILES string of the molecule is CCN(CC)c1nc(NN)nc(-n2cc(Br)cn2)n1. The summed E-state index contributed by atoms with van der Waals surface area (Å²) in [4.78, 5) is 14.8. The molecule has 0 saturated carbocycles. The van der Waals surface area contributed by atoms with Crippen LogP contribution in [0.4, 0.5) is 11.9 Å². The van der Waals surface area contributed by atoms with E-state index in [1.165, 1.54) is 0 Å². The van der Waals surface area contributed by atoms with E-state index in [9.17, 15) is 0 Å². The number of nitrogens with one attached hydrogen (secondary N) is 1. The molecule has 0 aromatic carbocycles. The quantitative estimate of drug-likeness (QED) is 0.623. The van der Waals surface area contributed by atoms with E-state index in [1.54, 1.807) is 17.1 Å². The highest BCUT2D eigenvalue weighted by Crippen LogP contribution is 2.14. The predicted octanol–water partition coefficient (Wildman–Crippen LogP) is 0.952. The molecule has 0 unspecified atom stereocenters. The number of hydrogen-bond donors (Lipinski definition) is 2. The highest BCUT2D eigenvalue weighted by Gasteiger charge is 2.12. The largest absolute Gasteiger partial charge is 0.341 e. The van der Waals surface area contributed by atoms with Gasteiger partial charge in [-0.25, -0.2) is 10.5 Å². The zero-order chi connectivity index (χ0) is 13.8. The zero-order valence-corrected chi connectivity index (χ0v) is 12.3. The molecule has 102 valence electrons. The minimum atomic E-state index is 0.304. The van der Waals surface area contributed by atoms with Crippen LogP contribution in [0.5, 0.6) is 0 Å². The number of nitrogens with zero attached hydrogens (tertiary/aromatic N) is 6. The molecule has 2 heterocycles. The Balaban J connectivity index is 2.46. The van der Waals surface area contributed by atoms with Crippen molar-refractivity contribution in [3.63, 3.8) is 0 Å². The van der Waals surface area contributed by atoms with E-state index in [0.29, 0.717) is 17.8 Å². The van der Waals surface area contributed by atoms with Crippen molar-refractivity contribution in [2.75, 3.05) is 23.4 Å². The smallest absolute Gasteiger partial charge is 0.257 e. The van der Waals surface area contributed by atoms with Crippen molar-refractivity contribution in [3.8, 4) is 5.95 Å². The van der Waals surface area contributed by atoms with Crippen LogP contribution in [0.15, 0.2) is 16.9 Å². The first-order chi connectivity index (χ1) is 9.17. The summed E-state index contributed by atoms with van der Waals surface area (Å²) in [6, 6.07) is 0. The highest BCUT2D eigenvalue weighted by molar-refractivity contribution is 9.10. The van der Waals surface area contributed by atoms with Gasteiger partial charge < -0.3 is 4.90 Å². The number of nitrogen functional groups attached to an aromatic ring is 1. The second-order valence-electron chi connectivity index (χ2n) is 3.68. The average molecular weight is 327 g/mol. The van der Waals surface area contributed by atoms with Crippen molar-refractivity contribution >= 4 is 27.8 Å². The molecule has 0 aliphatic heterocycles. The molecule has 0 aliphatic carbocycles. The van der Waals surface area contributed by atoms with Gasteiger partial charge in [0.15, 0.2) is 0 Å². The Morgan fingerprint density at radius 1 is 1.32 bits per heavy atom. The lowest BCUT2D eigenvalue weighted by Gasteiger charge is -2.19. The molecule has 0 aliphatic rings. The minimum Gasteiger partial charge on any atom is -0.341 e. The van der Waals surface area contributed by atoms with Crippen molar-refractivity contribution in [2.45, 2.75) is 13.8 Å². The van der Waals surface area contributed by atoms with Gasteiger partial charge in [0.05, 0.1) is 10.7 Å². The van der Waals surface area contributed by atoms with E-state index in [4.69, 9.17) is 5.84 Å². The number of nitrogens with two attached hydrogens (primary N) is 1. The second-order valence-corrected chi connectivity index (χ2v) is 4.59. The molecule has 0 fully saturated rings. The normalized spacial score (nSPS) is 10.5. The summed E-state index contributed by atoms with van der Waals surface area (Å²) in [5.41, 5.74) is 2.45. The fraction of sp³-hybridized carbons (Fsp3) is 0.400. The lowest BCUT2D eigenvalue weighted by atomic mass is 10.5. The van der Waals surface area contributed by atoms with Gasteiger partial charge in [0.1, 0.15) is 0 Å². The molecule has 2 aromatic heterocycles. The van der Waals surface area contributed by atoms with Crippen LogP contribution in [0.2, 0.25) is 0 Å². The number of rotatable bonds is 5. The van der Waals surface area contributed by atoms with Crippen LogP contribution in [0.3, 0.4) is 0 Å². The summed E-state index contributed by atoms with van der Waals surface area (Å²) in [5.74, 6) is 6.67. The summed E-state index contributed by atoms with van der Waals surface area (Å²) >= 11 is 3.33. The fourth-order valence-corrected chi connectivity index (χ4v) is 1.86. The standard InChI is InChI=1S/C10H15BrN8/c1-3-18(4-2)9-14-8(17-12)15-10(16-9)19-6-7(11)5-13-19/h5-6H,3-4,12H2,1-2H3,(H,14,15,16,17). The van der Waals surface area contributed by atoms with Crippen LogP contribution >= 0.6 is 15.9 Å². The summed E-state index contributed by atoms with van der Waals surface area (Å²) < 4.78 is 2.40. The van der Waals surface area contributed by atoms with Crippen LogP contribution in [-0.4, -0.2) is 37.8 Å². The van der Waals surface area contributed by atoms with Gasteiger partial charge in [-0.05, 0) is 29.8 Å². The molecule has 0 atom stereocenters.